The van der Waals surface area contributed by atoms with Crippen molar-refractivity contribution >= 4 is 45.7 Å². The molecule has 0 aliphatic carbocycles. The van der Waals surface area contributed by atoms with Gasteiger partial charge in [0.05, 0.1) is 6.33 Å². The van der Waals surface area contributed by atoms with Crippen molar-refractivity contribution in [3.8, 4) is 0 Å². The second kappa shape index (κ2) is 6.63. The summed E-state index contributed by atoms with van der Waals surface area (Å²) in [4.78, 5) is 22.3. The number of imidazole rings is 1. The standard InChI is InChI=1S/C15H16N6OS2/c1-8-11(18-7-21(8)2)12(22)13-14(16)20-15(23-13)19-9-3-5-10(24-17)6-4-9/h3-7H,16-17H2,1-2H3,(H,19,20). The number of rotatable bonds is 5. The highest BCUT2D eigenvalue weighted by atomic mass is 32.2. The highest BCUT2D eigenvalue weighted by Crippen LogP contribution is 2.30. The predicted octanol–water partition coefficient (Wildman–Crippen LogP) is 2.71. The Morgan fingerprint density at radius 3 is 2.62 bits per heavy atom. The number of carbonyl (C=O) groups excluding carboxylic acids is 1. The van der Waals surface area contributed by atoms with Crippen molar-refractivity contribution in [3.05, 3.63) is 46.9 Å². The molecule has 0 saturated carbocycles. The minimum atomic E-state index is -0.217. The van der Waals surface area contributed by atoms with Crippen LogP contribution in [0.5, 0.6) is 0 Å². The van der Waals surface area contributed by atoms with E-state index in [0.29, 0.717) is 15.7 Å². The summed E-state index contributed by atoms with van der Waals surface area (Å²) in [5, 5.41) is 9.20. The fourth-order valence-corrected chi connectivity index (χ4v) is 3.25. The maximum Gasteiger partial charge on any atom is 0.226 e. The predicted molar refractivity (Wildman–Crippen MR) is 97.7 cm³/mol. The van der Waals surface area contributed by atoms with Crippen LogP contribution in [0.1, 0.15) is 21.1 Å². The molecule has 9 heteroatoms. The van der Waals surface area contributed by atoms with Crippen LogP contribution < -0.4 is 16.2 Å². The van der Waals surface area contributed by atoms with Crippen LogP contribution in [-0.4, -0.2) is 20.3 Å². The summed E-state index contributed by atoms with van der Waals surface area (Å²) in [5.41, 5.74) is 7.94. The van der Waals surface area contributed by atoms with Gasteiger partial charge >= 0.3 is 0 Å². The van der Waals surface area contributed by atoms with E-state index in [1.165, 1.54) is 23.3 Å². The van der Waals surface area contributed by atoms with Gasteiger partial charge in [0.1, 0.15) is 16.4 Å². The summed E-state index contributed by atoms with van der Waals surface area (Å²) < 4.78 is 1.79. The van der Waals surface area contributed by atoms with Crippen LogP contribution in [0, 0.1) is 6.92 Å². The number of anilines is 3. The Hall–Kier alpha value is -2.36. The van der Waals surface area contributed by atoms with Crippen molar-refractivity contribution in [3.63, 3.8) is 0 Å². The summed E-state index contributed by atoms with van der Waals surface area (Å²) >= 11 is 2.39. The number of ketones is 1. The van der Waals surface area contributed by atoms with Crippen LogP contribution in [0.25, 0.3) is 0 Å². The van der Waals surface area contributed by atoms with E-state index in [2.05, 4.69) is 15.3 Å². The quantitative estimate of drug-likeness (QED) is 0.474. The molecular formula is C15H16N6OS2. The van der Waals surface area contributed by atoms with E-state index in [9.17, 15) is 4.79 Å². The molecule has 2 heterocycles. The third-order valence-corrected chi connectivity index (χ3v) is 5.08. The van der Waals surface area contributed by atoms with Gasteiger partial charge in [-0.1, -0.05) is 11.3 Å². The normalized spacial score (nSPS) is 10.8. The first-order valence-electron chi connectivity index (χ1n) is 7.02. The van der Waals surface area contributed by atoms with E-state index in [0.717, 1.165) is 16.3 Å². The second-order valence-corrected chi connectivity index (χ2v) is 6.83. The van der Waals surface area contributed by atoms with Crippen molar-refractivity contribution in [1.29, 1.82) is 0 Å². The fraction of sp³-hybridized carbons (Fsp3) is 0.133. The van der Waals surface area contributed by atoms with E-state index in [1.807, 2.05) is 38.2 Å². The monoisotopic (exact) mass is 360 g/mol. The first-order valence-corrected chi connectivity index (χ1v) is 8.72. The second-order valence-electron chi connectivity index (χ2n) is 5.12. The van der Waals surface area contributed by atoms with Crippen molar-refractivity contribution in [2.24, 2.45) is 12.2 Å². The molecule has 1 aromatic carbocycles. The molecule has 3 aromatic rings. The summed E-state index contributed by atoms with van der Waals surface area (Å²) in [5.74, 6) is -0.0160. The van der Waals surface area contributed by atoms with Crippen LogP contribution in [0.15, 0.2) is 35.5 Å². The van der Waals surface area contributed by atoms with Gasteiger partial charge in [-0.3, -0.25) is 9.93 Å². The third kappa shape index (κ3) is 3.14. The van der Waals surface area contributed by atoms with Crippen molar-refractivity contribution in [2.75, 3.05) is 11.1 Å². The van der Waals surface area contributed by atoms with Gasteiger partial charge in [-0.25, -0.2) is 9.97 Å². The lowest BCUT2D eigenvalue weighted by Gasteiger charge is -2.02. The topological polar surface area (TPSA) is 112 Å². The van der Waals surface area contributed by atoms with Gasteiger partial charge in [-0.05, 0) is 43.1 Å². The van der Waals surface area contributed by atoms with E-state index in [-0.39, 0.29) is 11.6 Å². The highest BCUT2D eigenvalue weighted by Gasteiger charge is 2.22. The number of aromatic nitrogens is 3. The first-order chi connectivity index (χ1) is 11.5. The van der Waals surface area contributed by atoms with Crippen LogP contribution in [0.4, 0.5) is 16.6 Å². The number of hydrogen-bond acceptors (Lipinski definition) is 8. The molecule has 0 unspecified atom stereocenters. The van der Waals surface area contributed by atoms with E-state index in [4.69, 9.17) is 10.9 Å². The number of nitrogens with one attached hydrogen (secondary N) is 1. The number of nitrogen functional groups attached to an aromatic ring is 1. The van der Waals surface area contributed by atoms with Crippen molar-refractivity contribution < 1.29 is 4.79 Å². The fourth-order valence-electron chi connectivity index (χ4n) is 2.11. The molecule has 124 valence electrons. The minimum Gasteiger partial charge on any atom is -0.382 e. The molecule has 0 spiro atoms. The maximum absolute atomic E-state index is 12.6. The Morgan fingerprint density at radius 1 is 1.33 bits per heavy atom. The van der Waals surface area contributed by atoms with Gasteiger partial charge < -0.3 is 15.6 Å². The molecule has 7 nitrogen and oxygen atoms in total. The van der Waals surface area contributed by atoms with Crippen LogP contribution in [-0.2, 0) is 7.05 Å². The molecule has 0 aliphatic heterocycles. The lowest BCUT2D eigenvalue weighted by Crippen LogP contribution is -2.05. The number of aryl methyl sites for hydroxylation is 1. The first kappa shape index (κ1) is 16.5. The Kier molecular flexibility index (Phi) is 4.56. The molecule has 2 aromatic heterocycles. The number of nitrogens with two attached hydrogens (primary N) is 2. The Bertz CT molecular complexity index is 884. The van der Waals surface area contributed by atoms with Gasteiger partial charge in [0.25, 0.3) is 0 Å². The average Bonchev–Trinajstić information content (AvgIpc) is 3.11. The smallest absolute Gasteiger partial charge is 0.226 e. The van der Waals surface area contributed by atoms with Crippen LogP contribution >= 0.6 is 23.3 Å². The molecule has 0 atom stereocenters. The molecule has 3 rings (SSSR count). The summed E-state index contributed by atoms with van der Waals surface area (Å²) in [7, 11) is 1.84. The average molecular weight is 360 g/mol. The summed E-state index contributed by atoms with van der Waals surface area (Å²) in [6.45, 7) is 1.84. The Balaban J connectivity index is 1.84. The minimum absolute atomic E-state index is 0.201. The van der Waals surface area contributed by atoms with E-state index >= 15 is 0 Å². The summed E-state index contributed by atoms with van der Waals surface area (Å²) in [6, 6.07) is 7.56. The van der Waals surface area contributed by atoms with Crippen molar-refractivity contribution in [1.82, 2.24) is 14.5 Å². The lowest BCUT2D eigenvalue weighted by molar-refractivity contribution is 0.103. The Labute approximate surface area is 147 Å². The summed E-state index contributed by atoms with van der Waals surface area (Å²) in [6.07, 6.45) is 1.61. The largest absolute Gasteiger partial charge is 0.382 e. The molecule has 0 amide bonds. The Morgan fingerprint density at radius 2 is 2.04 bits per heavy atom. The number of thiazole rings is 1. The lowest BCUT2D eigenvalue weighted by atomic mass is 10.2. The van der Waals surface area contributed by atoms with Gasteiger partial charge in [-0.15, -0.1) is 0 Å². The molecular weight excluding hydrogens is 344 g/mol. The SMILES string of the molecule is Cc1c(C(=O)c2sc(Nc3ccc(SN)cc3)nc2N)ncn1C. The molecule has 0 aliphatic rings. The molecule has 0 radical (unpaired) electrons. The van der Waals surface area contributed by atoms with Crippen molar-refractivity contribution in [2.45, 2.75) is 11.8 Å². The third-order valence-electron chi connectivity index (χ3n) is 3.55. The van der Waals surface area contributed by atoms with Crippen LogP contribution in [0.2, 0.25) is 0 Å². The number of benzene rings is 1. The van der Waals surface area contributed by atoms with E-state index in [1.54, 1.807) is 10.9 Å². The molecule has 0 saturated heterocycles. The number of carbonyl (C=O) groups is 1. The van der Waals surface area contributed by atoms with Gasteiger partial charge in [0.15, 0.2) is 5.13 Å². The maximum atomic E-state index is 12.6. The molecule has 5 N–H and O–H groups in total. The van der Waals surface area contributed by atoms with Crippen LogP contribution in [0.3, 0.4) is 0 Å². The van der Waals surface area contributed by atoms with Gasteiger partial charge in [0.2, 0.25) is 5.78 Å². The van der Waals surface area contributed by atoms with Gasteiger partial charge in [0, 0.05) is 23.3 Å². The molecule has 24 heavy (non-hydrogen) atoms. The van der Waals surface area contributed by atoms with E-state index < -0.39 is 0 Å². The molecule has 0 bridgehead atoms. The zero-order valence-corrected chi connectivity index (χ0v) is 14.7. The number of nitrogens with zero attached hydrogens (tertiary/aromatic N) is 3. The molecule has 0 fully saturated rings. The zero-order chi connectivity index (χ0) is 17.3. The highest BCUT2D eigenvalue weighted by molar-refractivity contribution is 7.97. The van der Waals surface area contributed by atoms with Gasteiger partial charge in [-0.2, -0.15) is 0 Å². The zero-order valence-electron chi connectivity index (χ0n) is 13.1. The number of hydrogen-bond donors (Lipinski definition) is 3.